The maximum atomic E-state index is 4.11. The normalized spacial score (nSPS) is 13.1. The number of hydrogen-bond donors (Lipinski definition) is 1. The van der Waals surface area contributed by atoms with Crippen LogP contribution in [-0.4, -0.2) is 15.4 Å². The zero-order chi connectivity index (χ0) is 13.0. The van der Waals surface area contributed by atoms with Gasteiger partial charge in [-0.25, -0.2) is 0 Å². The van der Waals surface area contributed by atoms with Gasteiger partial charge in [-0.3, -0.25) is 0 Å². The summed E-state index contributed by atoms with van der Waals surface area (Å²) in [6.45, 7) is 6.82. The van der Waals surface area contributed by atoms with E-state index in [2.05, 4.69) is 48.3 Å². The molecule has 98 valence electrons. The first-order valence-electron chi connectivity index (χ1n) is 6.55. The van der Waals surface area contributed by atoms with Crippen LogP contribution >= 0.6 is 11.3 Å². The molecule has 0 aromatic carbocycles. The number of aromatic amines is 1. The van der Waals surface area contributed by atoms with Crippen LogP contribution in [0.2, 0.25) is 0 Å². The molecule has 0 radical (unpaired) electrons. The van der Waals surface area contributed by atoms with Gasteiger partial charge in [0.15, 0.2) is 0 Å². The number of aromatic nitrogens is 3. The summed E-state index contributed by atoms with van der Waals surface area (Å²) in [5.74, 6) is 1.35. The molecule has 0 spiro atoms. The first-order chi connectivity index (χ1) is 8.63. The number of hydrogen-bond acceptors (Lipinski definition) is 3. The van der Waals surface area contributed by atoms with Crippen LogP contribution < -0.4 is 0 Å². The lowest BCUT2D eigenvalue weighted by Crippen LogP contribution is -2.03. The van der Waals surface area contributed by atoms with Crippen LogP contribution in [0.25, 0.3) is 0 Å². The van der Waals surface area contributed by atoms with Crippen molar-refractivity contribution in [1.82, 2.24) is 15.4 Å². The van der Waals surface area contributed by atoms with Crippen LogP contribution in [0, 0.1) is 11.8 Å². The Morgan fingerprint density at radius 1 is 1.11 bits per heavy atom. The molecule has 2 aromatic heterocycles. The molecule has 2 rings (SSSR count). The smallest absolute Gasteiger partial charge is 0.0827 e. The molecule has 0 saturated carbocycles. The maximum Gasteiger partial charge on any atom is 0.0827 e. The number of rotatable bonds is 6. The van der Waals surface area contributed by atoms with Crippen molar-refractivity contribution in [2.45, 2.75) is 40.0 Å². The SMILES string of the molecule is CC(C)Cc1ccc(CC(C)Cc2cn[nH]n2)s1. The third-order valence-electron chi connectivity index (χ3n) is 2.90. The Bertz CT molecular complexity index is 459. The van der Waals surface area contributed by atoms with Gasteiger partial charge >= 0.3 is 0 Å². The predicted molar refractivity (Wildman–Crippen MR) is 75.8 cm³/mol. The molecule has 2 aromatic rings. The molecule has 1 unspecified atom stereocenters. The molecular weight excluding hydrogens is 242 g/mol. The highest BCUT2D eigenvalue weighted by Gasteiger charge is 2.09. The summed E-state index contributed by atoms with van der Waals surface area (Å²) in [5, 5.41) is 10.6. The topological polar surface area (TPSA) is 41.6 Å². The lowest BCUT2D eigenvalue weighted by atomic mass is 10.0. The van der Waals surface area contributed by atoms with E-state index in [0.717, 1.165) is 24.5 Å². The molecule has 4 heteroatoms. The Balaban J connectivity index is 1.87. The van der Waals surface area contributed by atoms with Gasteiger partial charge in [0.2, 0.25) is 0 Å². The molecule has 2 heterocycles. The van der Waals surface area contributed by atoms with Gasteiger partial charge in [0.1, 0.15) is 0 Å². The summed E-state index contributed by atoms with van der Waals surface area (Å²) in [7, 11) is 0. The van der Waals surface area contributed by atoms with Gasteiger partial charge in [-0.1, -0.05) is 20.8 Å². The van der Waals surface area contributed by atoms with Gasteiger partial charge in [0, 0.05) is 9.75 Å². The summed E-state index contributed by atoms with van der Waals surface area (Å²) in [6, 6.07) is 4.56. The van der Waals surface area contributed by atoms with Crippen LogP contribution in [0.1, 0.15) is 36.2 Å². The summed E-state index contributed by atoms with van der Waals surface area (Å²) in [5.41, 5.74) is 1.06. The lowest BCUT2D eigenvalue weighted by molar-refractivity contribution is 0.573. The van der Waals surface area contributed by atoms with Crippen molar-refractivity contribution in [3.8, 4) is 0 Å². The highest BCUT2D eigenvalue weighted by atomic mass is 32.1. The van der Waals surface area contributed by atoms with Crippen LogP contribution in [0.3, 0.4) is 0 Å². The zero-order valence-corrected chi connectivity index (χ0v) is 12.1. The molecule has 0 aliphatic carbocycles. The minimum Gasteiger partial charge on any atom is -0.198 e. The Labute approximate surface area is 113 Å². The quantitative estimate of drug-likeness (QED) is 0.867. The van der Waals surface area contributed by atoms with E-state index in [0.29, 0.717) is 5.92 Å². The third-order valence-corrected chi connectivity index (χ3v) is 4.03. The van der Waals surface area contributed by atoms with E-state index < -0.39 is 0 Å². The summed E-state index contributed by atoms with van der Waals surface area (Å²) < 4.78 is 0. The molecule has 1 atom stereocenters. The van der Waals surface area contributed by atoms with Gasteiger partial charge < -0.3 is 0 Å². The second-order valence-corrected chi connectivity index (χ2v) is 6.69. The Morgan fingerprint density at radius 3 is 2.44 bits per heavy atom. The van der Waals surface area contributed by atoms with E-state index in [9.17, 15) is 0 Å². The fourth-order valence-corrected chi connectivity index (χ4v) is 3.53. The van der Waals surface area contributed by atoms with Crippen LogP contribution in [-0.2, 0) is 19.3 Å². The monoisotopic (exact) mass is 263 g/mol. The minimum atomic E-state index is 0.612. The standard InChI is InChI=1S/C14H21N3S/c1-10(2)6-13-4-5-14(18-13)8-11(3)7-12-9-15-17-16-12/h4-5,9-11H,6-8H2,1-3H3,(H,15,16,17). The largest absolute Gasteiger partial charge is 0.198 e. The van der Waals surface area contributed by atoms with E-state index in [4.69, 9.17) is 0 Å². The van der Waals surface area contributed by atoms with Crippen molar-refractivity contribution in [3.05, 3.63) is 33.8 Å². The van der Waals surface area contributed by atoms with Crippen molar-refractivity contribution in [1.29, 1.82) is 0 Å². The highest BCUT2D eigenvalue weighted by molar-refractivity contribution is 7.11. The molecule has 0 aliphatic rings. The van der Waals surface area contributed by atoms with E-state index in [1.54, 1.807) is 0 Å². The number of H-pyrrole nitrogens is 1. The summed E-state index contributed by atoms with van der Waals surface area (Å²) in [4.78, 5) is 3.00. The van der Waals surface area contributed by atoms with Crippen molar-refractivity contribution in [2.75, 3.05) is 0 Å². The van der Waals surface area contributed by atoms with Crippen molar-refractivity contribution >= 4 is 11.3 Å². The fraction of sp³-hybridized carbons (Fsp3) is 0.571. The Morgan fingerprint density at radius 2 is 1.83 bits per heavy atom. The third kappa shape index (κ3) is 3.95. The second-order valence-electron chi connectivity index (χ2n) is 5.44. The van der Waals surface area contributed by atoms with E-state index >= 15 is 0 Å². The van der Waals surface area contributed by atoms with Crippen molar-refractivity contribution in [2.24, 2.45) is 11.8 Å². The van der Waals surface area contributed by atoms with E-state index in [1.165, 1.54) is 16.2 Å². The molecule has 0 saturated heterocycles. The first-order valence-corrected chi connectivity index (χ1v) is 7.37. The van der Waals surface area contributed by atoms with Crippen molar-refractivity contribution < 1.29 is 0 Å². The van der Waals surface area contributed by atoms with Gasteiger partial charge in [-0.15, -0.1) is 11.3 Å². The first kappa shape index (κ1) is 13.3. The molecule has 18 heavy (non-hydrogen) atoms. The Hall–Kier alpha value is -1.16. The van der Waals surface area contributed by atoms with E-state index in [-0.39, 0.29) is 0 Å². The molecule has 0 aliphatic heterocycles. The van der Waals surface area contributed by atoms with Crippen LogP contribution in [0.4, 0.5) is 0 Å². The summed E-state index contributed by atoms with van der Waals surface area (Å²) in [6.07, 6.45) is 5.14. The molecule has 0 amide bonds. The summed E-state index contributed by atoms with van der Waals surface area (Å²) >= 11 is 1.96. The average molecular weight is 263 g/mol. The second kappa shape index (κ2) is 6.14. The number of nitrogens with zero attached hydrogens (tertiary/aromatic N) is 2. The van der Waals surface area contributed by atoms with E-state index in [1.807, 2.05) is 17.5 Å². The van der Waals surface area contributed by atoms with Gasteiger partial charge in [-0.2, -0.15) is 15.4 Å². The van der Waals surface area contributed by atoms with Gasteiger partial charge in [-0.05, 0) is 43.2 Å². The average Bonchev–Trinajstić information content (AvgIpc) is 2.89. The molecule has 1 N–H and O–H groups in total. The molecule has 0 fully saturated rings. The number of thiophene rings is 1. The van der Waals surface area contributed by atoms with Crippen LogP contribution in [0.15, 0.2) is 18.3 Å². The Kier molecular flexibility index (Phi) is 4.53. The lowest BCUT2D eigenvalue weighted by Gasteiger charge is -2.07. The molecule has 0 bridgehead atoms. The zero-order valence-electron chi connectivity index (χ0n) is 11.3. The minimum absolute atomic E-state index is 0.612. The maximum absolute atomic E-state index is 4.11. The molecule has 3 nitrogen and oxygen atoms in total. The van der Waals surface area contributed by atoms with Crippen molar-refractivity contribution in [3.63, 3.8) is 0 Å². The molecular formula is C14H21N3S. The highest BCUT2D eigenvalue weighted by Crippen LogP contribution is 2.23. The fourth-order valence-electron chi connectivity index (χ4n) is 2.14. The number of nitrogens with one attached hydrogen (secondary N) is 1. The predicted octanol–water partition coefficient (Wildman–Crippen LogP) is 3.49. The van der Waals surface area contributed by atoms with Gasteiger partial charge in [0.25, 0.3) is 0 Å². The van der Waals surface area contributed by atoms with Crippen LogP contribution in [0.5, 0.6) is 0 Å². The van der Waals surface area contributed by atoms with Gasteiger partial charge in [0.05, 0.1) is 11.9 Å².